The Bertz CT molecular complexity index is 652. The summed E-state index contributed by atoms with van der Waals surface area (Å²) in [5.74, 6) is -1.07. The first kappa shape index (κ1) is 16.3. The summed E-state index contributed by atoms with van der Waals surface area (Å²) in [7, 11) is 0. The normalized spacial score (nSPS) is 16.2. The molecule has 0 aliphatic carbocycles. The molecule has 0 N–H and O–H groups in total. The van der Waals surface area contributed by atoms with Crippen molar-refractivity contribution in [3.63, 3.8) is 0 Å². The highest BCUT2D eigenvalue weighted by molar-refractivity contribution is 8.26. The number of hydrogen-bond donors (Lipinski definition) is 0. The zero-order valence-corrected chi connectivity index (χ0v) is 13.1. The van der Waals surface area contributed by atoms with Gasteiger partial charge in [-0.3, -0.25) is 9.69 Å². The van der Waals surface area contributed by atoms with Crippen molar-refractivity contribution < 1.29 is 19.4 Å². The fraction of sp³-hybridized carbons (Fsp3) is 0.133. The van der Waals surface area contributed by atoms with Gasteiger partial charge in [-0.25, -0.2) is 0 Å². The third-order valence-electron chi connectivity index (χ3n) is 2.71. The number of carbonyl (C=O) groups excluding carboxylic acids is 2. The number of hydrogen-bond acceptors (Lipinski definition) is 6. The van der Waals surface area contributed by atoms with Crippen LogP contribution in [0.2, 0.25) is 0 Å². The third-order valence-corrected chi connectivity index (χ3v) is 4.08. The standard InChI is InChI=1S/C15H13NO4S2/c1-2-7-20-11-5-3-10(4-6-11)8-12-14(19)16(9-13(17)18)15(21)22-12/h2-6,8H,1,7,9H2,(H,17,18)/p-1/b12-8-. The fourth-order valence-electron chi connectivity index (χ4n) is 1.73. The molecule has 5 nitrogen and oxygen atoms in total. The van der Waals surface area contributed by atoms with Crippen molar-refractivity contribution in [3.05, 3.63) is 47.4 Å². The molecule has 1 fully saturated rings. The Kier molecular flexibility index (Phi) is 5.35. The highest BCUT2D eigenvalue weighted by atomic mass is 32.2. The van der Waals surface area contributed by atoms with Crippen LogP contribution in [0, 0.1) is 0 Å². The van der Waals surface area contributed by atoms with E-state index in [4.69, 9.17) is 17.0 Å². The van der Waals surface area contributed by atoms with Gasteiger partial charge in [-0.2, -0.15) is 0 Å². The summed E-state index contributed by atoms with van der Waals surface area (Å²) in [6.07, 6.45) is 3.31. The number of ether oxygens (including phenoxy) is 1. The number of carbonyl (C=O) groups is 2. The first-order valence-electron chi connectivity index (χ1n) is 6.30. The quantitative estimate of drug-likeness (QED) is 0.442. The smallest absolute Gasteiger partial charge is 0.266 e. The molecule has 1 aliphatic rings. The maximum atomic E-state index is 12.1. The number of carboxylic acid groups (broad SMARTS) is 1. The van der Waals surface area contributed by atoms with Crippen LogP contribution in [0.15, 0.2) is 41.8 Å². The van der Waals surface area contributed by atoms with Crippen molar-refractivity contribution in [2.45, 2.75) is 0 Å². The zero-order chi connectivity index (χ0) is 16.1. The maximum Gasteiger partial charge on any atom is 0.266 e. The molecule has 0 radical (unpaired) electrons. The zero-order valence-electron chi connectivity index (χ0n) is 11.5. The Morgan fingerprint density at radius 2 is 2.09 bits per heavy atom. The van der Waals surface area contributed by atoms with Crippen LogP contribution in [-0.4, -0.2) is 34.2 Å². The highest BCUT2D eigenvalue weighted by Gasteiger charge is 2.31. The summed E-state index contributed by atoms with van der Waals surface area (Å²) in [4.78, 5) is 24.1. The Hall–Kier alpha value is -2.12. The molecule has 22 heavy (non-hydrogen) atoms. The number of amides is 1. The van der Waals surface area contributed by atoms with Gasteiger partial charge in [-0.1, -0.05) is 48.8 Å². The molecule has 0 saturated carbocycles. The van der Waals surface area contributed by atoms with E-state index in [1.165, 1.54) is 0 Å². The van der Waals surface area contributed by atoms with Gasteiger partial charge in [-0.05, 0) is 23.8 Å². The van der Waals surface area contributed by atoms with Gasteiger partial charge < -0.3 is 14.6 Å². The lowest BCUT2D eigenvalue weighted by Gasteiger charge is -2.14. The first-order chi connectivity index (χ1) is 10.5. The van der Waals surface area contributed by atoms with E-state index in [1.54, 1.807) is 36.4 Å². The van der Waals surface area contributed by atoms with E-state index in [9.17, 15) is 14.7 Å². The Balaban J connectivity index is 2.12. The fourth-order valence-corrected chi connectivity index (χ4v) is 2.99. The summed E-state index contributed by atoms with van der Waals surface area (Å²) in [5, 5.41) is 10.6. The molecule has 2 rings (SSSR count). The van der Waals surface area contributed by atoms with Crippen molar-refractivity contribution in [1.82, 2.24) is 4.90 Å². The second kappa shape index (κ2) is 7.24. The van der Waals surface area contributed by atoms with E-state index in [2.05, 4.69) is 6.58 Å². The number of thioether (sulfide) groups is 1. The van der Waals surface area contributed by atoms with Gasteiger partial charge in [0.15, 0.2) is 0 Å². The van der Waals surface area contributed by atoms with Crippen LogP contribution >= 0.6 is 24.0 Å². The van der Waals surface area contributed by atoms with Gasteiger partial charge in [0, 0.05) is 0 Å². The lowest BCUT2D eigenvalue weighted by Crippen LogP contribution is -2.40. The molecule has 0 bridgehead atoms. The number of carboxylic acids is 1. The van der Waals surface area contributed by atoms with E-state index >= 15 is 0 Å². The van der Waals surface area contributed by atoms with Crippen LogP contribution in [0.4, 0.5) is 0 Å². The van der Waals surface area contributed by atoms with Gasteiger partial charge >= 0.3 is 0 Å². The summed E-state index contributed by atoms with van der Waals surface area (Å²) < 4.78 is 5.58. The minimum absolute atomic E-state index is 0.214. The van der Waals surface area contributed by atoms with Crippen molar-refractivity contribution in [2.24, 2.45) is 0 Å². The average molecular weight is 334 g/mol. The maximum absolute atomic E-state index is 12.1. The summed E-state index contributed by atoms with van der Waals surface area (Å²) in [6, 6.07) is 7.14. The molecule has 1 aliphatic heterocycles. The van der Waals surface area contributed by atoms with Gasteiger partial charge in [-0.15, -0.1) is 0 Å². The molecule has 0 unspecified atom stereocenters. The molecule has 114 valence electrons. The lowest BCUT2D eigenvalue weighted by atomic mass is 10.2. The Labute approximate surface area is 137 Å². The van der Waals surface area contributed by atoms with Crippen LogP contribution in [0.3, 0.4) is 0 Å². The summed E-state index contributed by atoms with van der Waals surface area (Å²) >= 11 is 6.07. The van der Waals surface area contributed by atoms with Crippen LogP contribution < -0.4 is 9.84 Å². The van der Waals surface area contributed by atoms with E-state index in [0.29, 0.717) is 17.3 Å². The van der Waals surface area contributed by atoms with Crippen molar-refractivity contribution in [1.29, 1.82) is 0 Å². The number of aliphatic carboxylic acids is 1. The first-order valence-corrected chi connectivity index (χ1v) is 7.52. The van der Waals surface area contributed by atoms with E-state index in [0.717, 1.165) is 22.2 Å². The molecule has 7 heteroatoms. The lowest BCUT2D eigenvalue weighted by molar-refractivity contribution is -0.305. The second-order valence-corrected chi connectivity index (χ2v) is 5.98. The predicted octanol–water partition coefficient (Wildman–Crippen LogP) is 1.20. The van der Waals surface area contributed by atoms with Crippen LogP contribution in [-0.2, 0) is 9.59 Å². The summed E-state index contributed by atoms with van der Waals surface area (Å²) in [6.45, 7) is 3.45. The molecular weight excluding hydrogens is 322 g/mol. The molecule has 1 saturated heterocycles. The van der Waals surface area contributed by atoms with E-state index in [1.807, 2.05) is 0 Å². The topological polar surface area (TPSA) is 69.7 Å². The molecule has 1 amide bonds. The third kappa shape index (κ3) is 3.96. The summed E-state index contributed by atoms with van der Waals surface area (Å²) in [5.41, 5.74) is 0.792. The minimum Gasteiger partial charge on any atom is -0.548 e. The molecule has 0 aromatic heterocycles. The Morgan fingerprint density at radius 3 is 2.68 bits per heavy atom. The van der Waals surface area contributed by atoms with Crippen LogP contribution in [0.5, 0.6) is 5.75 Å². The predicted molar refractivity (Wildman–Crippen MR) is 87.0 cm³/mol. The van der Waals surface area contributed by atoms with Crippen molar-refractivity contribution >= 4 is 46.3 Å². The van der Waals surface area contributed by atoms with Crippen LogP contribution in [0.25, 0.3) is 6.08 Å². The molecule has 0 atom stereocenters. The van der Waals surface area contributed by atoms with Crippen LogP contribution in [0.1, 0.15) is 5.56 Å². The largest absolute Gasteiger partial charge is 0.548 e. The Morgan fingerprint density at radius 1 is 1.41 bits per heavy atom. The SMILES string of the molecule is C=CCOc1ccc(/C=C2\SC(=S)N(CC(=O)[O-])C2=O)cc1. The van der Waals surface area contributed by atoms with Gasteiger partial charge in [0.2, 0.25) is 0 Å². The number of benzene rings is 1. The van der Waals surface area contributed by atoms with E-state index in [-0.39, 0.29) is 4.32 Å². The number of thiocarbonyl (C=S) groups is 1. The molecule has 1 aromatic carbocycles. The van der Waals surface area contributed by atoms with Crippen molar-refractivity contribution in [3.8, 4) is 5.75 Å². The molecule has 0 spiro atoms. The van der Waals surface area contributed by atoms with Gasteiger partial charge in [0.05, 0.1) is 17.4 Å². The molecular formula is C15H12NO4S2-. The van der Waals surface area contributed by atoms with E-state index < -0.39 is 18.4 Å². The highest BCUT2D eigenvalue weighted by Crippen LogP contribution is 2.32. The minimum atomic E-state index is -1.35. The second-order valence-electron chi connectivity index (χ2n) is 4.31. The number of rotatable bonds is 6. The van der Waals surface area contributed by atoms with Gasteiger partial charge in [0.1, 0.15) is 16.7 Å². The molecule has 1 aromatic rings. The van der Waals surface area contributed by atoms with Gasteiger partial charge in [0.25, 0.3) is 5.91 Å². The monoisotopic (exact) mass is 334 g/mol. The van der Waals surface area contributed by atoms with Crippen molar-refractivity contribution in [2.75, 3.05) is 13.2 Å². The molecule has 1 heterocycles. The average Bonchev–Trinajstić information content (AvgIpc) is 2.74. The number of nitrogens with zero attached hydrogens (tertiary/aromatic N) is 1.